The Hall–Kier alpha value is -4.05. The molecule has 1 fully saturated rings. The number of carbonyl (C=O) groups excluding carboxylic acids is 2. The molecule has 0 aromatic heterocycles. The molecule has 13 heteroatoms. The topological polar surface area (TPSA) is 111 Å². The highest BCUT2D eigenvalue weighted by atomic mass is 28.4. The van der Waals surface area contributed by atoms with E-state index in [0.717, 1.165) is 0 Å². The predicted octanol–water partition coefficient (Wildman–Crippen LogP) is 7.03. The van der Waals surface area contributed by atoms with Crippen molar-refractivity contribution in [1.29, 1.82) is 0 Å². The second kappa shape index (κ2) is 15.2. The first kappa shape index (κ1) is 37.8. The molecule has 1 aliphatic heterocycles. The number of hydrogen-bond donors (Lipinski definition) is 0. The number of methoxy groups -OCH3 is 6. The number of para-hydroxylation sites is 1. The van der Waals surface area contributed by atoms with Gasteiger partial charge in [0.2, 0.25) is 23.3 Å². The molecule has 49 heavy (non-hydrogen) atoms. The lowest BCUT2D eigenvalue weighted by Crippen LogP contribution is -2.40. The molecule has 0 radical (unpaired) electrons. The van der Waals surface area contributed by atoms with Crippen LogP contribution < -0.4 is 33.3 Å². The lowest BCUT2D eigenvalue weighted by atomic mass is 9.80. The lowest BCUT2D eigenvalue weighted by Gasteiger charge is -2.37. The SMILES string of the molecule is COc1ccc(C(O[Si](C)(C)C)C2C(=O)N(c3ccccc3)C(=O)C2C(O[Si](C)(C)C)c2ccc(OC)c(OC)c2OC)c(OC)c1OC. The monoisotopic (exact) mass is 711 g/mol. The van der Waals surface area contributed by atoms with E-state index in [2.05, 4.69) is 0 Å². The van der Waals surface area contributed by atoms with Crippen molar-refractivity contribution >= 4 is 34.1 Å². The van der Waals surface area contributed by atoms with Crippen molar-refractivity contribution in [3.63, 3.8) is 0 Å². The van der Waals surface area contributed by atoms with E-state index < -0.39 is 52.5 Å². The summed E-state index contributed by atoms with van der Waals surface area (Å²) >= 11 is 0. The minimum atomic E-state index is -2.45. The summed E-state index contributed by atoms with van der Waals surface area (Å²) in [7, 11) is 4.26. The molecule has 0 spiro atoms. The quantitative estimate of drug-likeness (QED) is 0.120. The van der Waals surface area contributed by atoms with Gasteiger partial charge < -0.3 is 37.3 Å². The number of nitrogens with zero attached hydrogens (tertiary/aromatic N) is 1. The first-order valence-electron chi connectivity index (χ1n) is 16.0. The molecular formula is C36H49NO10Si2. The Morgan fingerprint density at radius 1 is 0.510 bits per heavy atom. The summed E-state index contributed by atoms with van der Waals surface area (Å²) in [6.07, 6.45) is -1.90. The Balaban J connectivity index is 2.10. The highest BCUT2D eigenvalue weighted by Crippen LogP contribution is 2.54. The third-order valence-electron chi connectivity index (χ3n) is 8.11. The van der Waals surface area contributed by atoms with Gasteiger partial charge in [0.05, 0.1) is 72.4 Å². The molecule has 1 aliphatic rings. The van der Waals surface area contributed by atoms with Crippen LogP contribution in [0.25, 0.3) is 0 Å². The summed E-state index contributed by atoms with van der Waals surface area (Å²) in [5.74, 6) is -0.719. The second-order valence-electron chi connectivity index (χ2n) is 13.5. The maximum atomic E-state index is 15.0. The summed E-state index contributed by atoms with van der Waals surface area (Å²) in [5.41, 5.74) is 1.53. The molecule has 0 N–H and O–H groups in total. The first-order chi connectivity index (χ1) is 23.2. The molecule has 0 saturated carbocycles. The number of rotatable bonds is 15. The Kier molecular flexibility index (Phi) is 11.7. The fourth-order valence-corrected chi connectivity index (χ4v) is 8.37. The average Bonchev–Trinajstić information content (AvgIpc) is 3.32. The normalized spacial score (nSPS) is 17.8. The van der Waals surface area contributed by atoms with Crippen molar-refractivity contribution < 1.29 is 46.9 Å². The predicted molar refractivity (Wildman–Crippen MR) is 192 cm³/mol. The summed E-state index contributed by atoms with van der Waals surface area (Å²) in [5, 5.41) is 0. The Morgan fingerprint density at radius 3 is 1.18 bits per heavy atom. The van der Waals surface area contributed by atoms with Gasteiger partial charge >= 0.3 is 0 Å². The highest BCUT2D eigenvalue weighted by Gasteiger charge is 2.58. The largest absolute Gasteiger partial charge is 0.493 e. The zero-order valence-corrected chi connectivity index (χ0v) is 32.5. The van der Waals surface area contributed by atoms with Gasteiger partial charge in [0.25, 0.3) is 0 Å². The van der Waals surface area contributed by atoms with Gasteiger partial charge in [-0.1, -0.05) is 18.2 Å². The fourth-order valence-electron chi connectivity index (χ4n) is 6.30. The van der Waals surface area contributed by atoms with Gasteiger partial charge in [0, 0.05) is 11.1 Å². The molecule has 3 aromatic rings. The smallest absolute Gasteiger partial charge is 0.240 e. The van der Waals surface area contributed by atoms with Crippen LogP contribution in [0.1, 0.15) is 23.3 Å². The van der Waals surface area contributed by atoms with Gasteiger partial charge in [-0.3, -0.25) is 9.59 Å². The van der Waals surface area contributed by atoms with E-state index in [4.69, 9.17) is 37.3 Å². The molecule has 266 valence electrons. The van der Waals surface area contributed by atoms with Gasteiger partial charge in [-0.05, 0) is 75.7 Å². The standard InChI is InChI=1S/C36H49NO10Si2/c1-40-25-20-18-23(31(42-3)33(25)44-5)29(46-48(7,8)9)27-28(36(39)37(35(27)38)22-16-14-13-15-17-22)30(47-49(10,11)12)24-19-21-26(41-2)34(45-6)32(24)43-4/h13-21,27-30H,1-12H3. The Bertz CT molecular complexity index is 1540. The number of amides is 2. The second-order valence-corrected chi connectivity index (χ2v) is 22.5. The van der Waals surface area contributed by atoms with Crippen molar-refractivity contribution in [2.45, 2.75) is 51.5 Å². The summed E-state index contributed by atoms with van der Waals surface area (Å²) < 4.78 is 48.4. The van der Waals surface area contributed by atoms with Gasteiger partial charge in [-0.15, -0.1) is 0 Å². The minimum Gasteiger partial charge on any atom is -0.493 e. The van der Waals surface area contributed by atoms with Crippen molar-refractivity contribution in [3.05, 3.63) is 65.7 Å². The molecule has 1 saturated heterocycles. The van der Waals surface area contributed by atoms with Crippen LogP contribution in [0, 0.1) is 11.8 Å². The van der Waals surface area contributed by atoms with Gasteiger partial charge in [0.1, 0.15) is 0 Å². The van der Waals surface area contributed by atoms with E-state index in [0.29, 0.717) is 51.3 Å². The summed E-state index contributed by atoms with van der Waals surface area (Å²) in [6.45, 7) is 12.2. The van der Waals surface area contributed by atoms with E-state index in [1.807, 2.05) is 45.3 Å². The average molecular weight is 712 g/mol. The lowest BCUT2D eigenvalue weighted by molar-refractivity contribution is -0.127. The van der Waals surface area contributed by atoms with Crippen LogP contribution in [-0.2, 0) is 18.4 Å². The van der Waals surface area contributed by atoms with Crippen LogP contribution in [0.4, 0.5) is 5.69 Å². The van der Waals surface area contributed by atoms with Crippen LogP contribution in [-0.4, -0.2) is 71.1 Å². The van der Waals surface area contributed by atoms with Crippen molar-refractivity contribution in [1.82, 2.24) is 0 Å². The maximum Gasteiger partial charge on any atom is 0.240 e. The van der Waals surface area contributed by atoms with Gasteiger partial charge in [-0.25, -0.2) is 4.90 Å². The Labute approximate surface area is 291 Å². The number of benzene rings is 3. The number of hydrogen-bond acceptors (Lipinski definition) is 10. The third-order valence-corrected chi connectivity index (χ3v) is 10.0. The van der Waals surface area contributed by atoms with Crippen LogP contribution in [0.2, 0.25) is 39.3 Å². The zero-order chi connectivity index (χ0) is 36.3. The molecule has 1 heterocycles. The number of anilines is 1. The van der Waals surface area contributed by atoms with E-state index in [9.17, 15) is 0 Å². The van der Waals surface area contributed by atoms with E-state index in [-0.39, 0.29) is 0 Å². The van der Waals surface area contributed by atoms with E-state index in [1.165, 1.54) is 47.6 Å². The van der Waals surface area contributed by atoms with Crippen LogP contribution >= 0.6 is 0 Å². The van der Waals surface area contributed by atoms with Crippen LogP contribution in [0.15, 0.2) is 54.6 Å². The Morgan fingerprint density at radius 2 is 0.878 bits per heavy atom. The number of carbonyl (C=O) groups is 2. The van der Waals surface area contributed by atoms with Crippen molar-refractivity contribution in [2.24, 2.45) is 11.8 Å². The molecule has 3 aromatic carbocycles. The molecule has 0 aliphatic carbocycles. The van der Waals surface area contributed by atoms with Gasteiger partial charge in [-0.2, -0.15) is 0 Å². The molecule has 2 amide bonds. The maximum absolute atomic E-state index is 15.0. The van der Waals surface area contributed by atoms with Crippen molar-refractivity contribution in [2.75, 3.05) is 47.6 Å². The number of ether oxygens (including phenoxy) is 6. The van der Waals surface area contributed by atoms with Crippen molar-refractivity contribution in [3.8, 4) is 34.5 Å². The minimum absolute atomic E-state index is 0.341. The highest BCUT2D eigenvalue weighted by molar-refractivity contribution is 6.70. The van der Waals surface area contributed by atoms with Gasteiger partial charge in [0.15, 0.2) is 39.6 Å². The first-order valence-corrected chi connectivity index (χ1v) is 22.8. The third kappa shape index (κ3) is 7.74. The number of imide groups is 1. The molecule has 0 bridgehead atoms. The van der Waals surface area contributed by atoms with E-state index >= 15 is 9.59 Å². The summed E-state index contributed by atoms with van der Waals surface area (Å²) in [6, 6.07) is 16.0. The fraction of sp³-hybridized carbons (Fsp3) is 0.444. The van der Waals surface area contributed by atoms with E-state index in [1.54, 1.807) is 48.5 Å². The molecule has 11 nitrogen and oxygen atoms in total. The molecule has 4 rings (SSSR count). The molecular weight excluding hydrogens is 663 g/mol. The molecule has 4 unspecified atom stereocenters. The zero-order valence-electron chi connectivity index (χ0n) is 30.5. The van der Waals surface area contributed by atoms with Crippen LogP contribution in [0.3, 0.4) is 0 Å². The molecule has 4 atom stereocenters. The summed E-state index contributed by atoms with van der Waals surface area (Å²) in [4.78, 5) is 31.3. The van der Waals surface area contributed by atoms with Crippen LogP contribution in [0.5, 0.6) is 34.5 Å².